The summed E-state index contributed by atoms with van der Waals surface area (Å²) in [5.74, 6) is 0. The summed E-state index contributed by atoms with van der Waals surface area (Å²) in [4.78, 5) is 0. The zero-order chi connectivity index (χ0) is 5.70. The highest BCUT2D eigenvalue weighted by Crippen LogP contribution is 2.25. The first-order chi connectivity index (χ1) is 3.27. The fourth-order valence-electron chi connectivity index (χ4n) is 0.130. The Balaban J connectivity index is 2.97. The van der Waals surface area contributed by atoms with Gasteiger partial charge in [-0.15, -0.1) is 6.58 Å². The second-order valence-electron chi connectivity index (χ2n) is 0.866. The molecule has 0 aliphatic heterocycles. The Hall–Kier alpha value is 0.280. The van der Waals surface area contributed by atoms with Gasteiger partial charge in [-0.25, -0.2) is 0 Å². The normalized spacial score (nSPS) is 13.3. The first kappa shape index (κ1) is 7.28. The molecule has 0 aliphatic carbocycles. The van der Waals surface area contributed by atoms with Crippen LogP contribution in [0.25, 0.3) is 0 Å². The Morgan fingerprint density at radius 3 is 2.71 bits per heavy atom. The van der Waals surface area contributed by atoms with Gasteiger partial charge in [-0.1, -0.05) is 18.3 Å². The van der Waals surface area contributed by atoms with Crippen LogP contribution in [0.15, 0.2) is 12.7 Å². The highest BCUT2D eigenvalue weighted by atomic mass is 32.7. The van der Waals surface area contributed by atoms with E-state index in [4.69, 9.17) is 0 Å². The molecule has 0 spiro atoms. The minimum absolute atomic E-state index is 0.321. The van der Waals surface area contributed by atoms with E-state index in [-0.39, 0.29) is 0 Å². The molecular formula is C3H7O2PS. The number of hydrogen-bond donors (Lipinski definition) is 1. The van der Waals surface area contributed by atoms with E-state index in [1.807, 2.05) is 0 Å². The molecule has 0 aromatic carbocycles. The highest BCUT2D eigenvalue weighted by Gasteiger charge is 1.82. The van der Waals surface area contributed by atoms with Crippen molar-refractivity contribution in [2.24, 2.45) is 0 Å². The summed E-state index contributed by atoms with van der Waals surface area (Å²) < 4.78 is 14.5. The van der Waals surface area contributed by atoms with E-state index < -0.39 is 7.23 Å². The first-order valence-electron chi connectivity index (χ1n) is 1.74. The van der Waals surface area contributed by atoms with Gasteiger partial charge in [0.2, 0.25) is 7.23 Å². The Morgan fingerprint density at radius 2 is 2.57 bits per heavy atom. The average molecular weight is 138 g/mol. The molecule has 0 heterocycles. The summed E-state index contributed by atoms with van der Waals surface area (Å²) in [7, 11) is -2.02. The van der Waals surface area contributed by atoms with Crippen LogP contribution in [0.5, 0.6) is 0 Å². The Bertz CT molecular complexity index is 83.0. The Kier molecular flexibility index (Phi) is 4.62. The van der Waals surface area contributed by atoms with Gasteiger partial charge in [-0.05, 0) is 0 Å². The molecule has 42 valence electrons. The molecule has 0 aliphatic rings. The van der Waals surface area contributed by atoms with Crippen molar-refractivity contribution < 1.29 is 9.09 Å². The quantitative estimate of drug-likeness (QED) is 0.363. The van der Waals surface area contributed by atoms with Gasteiger partial charge >= 0.3 is 0 Å². The summed E-state index contributed by atoms with van der Waals surface area (Å²) in [6, 6.07) is 0. The van der Waals surface area contributed by atoms with E-state index in [1.165, 1.54) is 6.08 Å². The van der Waals surface area contributed by atoms with Gasteiger partial charge in [0, 0.05) is 0 Å². The first-order valence-corrected chi connectivity index (χ1v) is 4.34. The van der Waals surface area contributed by atoms with Crippen molar-refractivity contribution in [3.8, 4) is 0 Å². The van der Waals surface area contributed by atoms with Crippen molar-refractivity contribution >= 4 is 19.5 Å². The predicted molar refractivity (Wildman–Crippen MR) is 34.1 cm³/mol. The zero-order valence-corrected chi connectivity index (χ0v) is 5.65. The molecule has 0 bridgehead atoms. The third-order valence-electron chi connectivity index (χ3n) is 0.325. The van der Waals surface area contributed by atoms with Crippen LogP contribution in [0, 0.1) is 0 Å². The van der Waals surface area contributed by atoms with Crippen LogP contribution in [0.4, 0.5) is 0 Å². The Labute approximate surface area is 48.6 Å². The summed E-state index contributed by atoms with van der Waals surface area (Å²) in [5, 5.41) is 0. The van der Waals surface area contributed by atoms with E-state index in [0.29, 0.717) is 6.61 Å². The molecule has 0 aromatic rings. The Morgan fingerprint density at radius 1 is 2.00 bits per heavy atom. The van der Waals surface area contributed by atoms with Crippen LogP contribution in [0.2, 0.25) is 0 Å². The SMILES string of the molecule is C=CCO[PH](=O)S. The van der Waals surface area contributed by atoms with Crippen molar-refractivity contribution in [3.63, 3.8) is 0 Å². The van der Waals surface area contributed by atoms with Gasteiger partial charge in [0.1, 0.15) is 0 Å². The van der Waals surface area contributed by atoms with Crippen LogP contribution in [0.1, 0.15) is 0 Å². The lowest BCUT2D eigenvalue weighted by atomic mass is 10.7. The average Bonchev–Trinajstić information content (AvgIpc) is 1.61. The third-order valence-corrected chi connectivity index (χ3v) is 1.13. The predicted octanol–water partition coefficient (Wildman–Crippen LogP) is 1.51. The van der Waals surface area contributed by atoms with Crippen molar-refractivity contribution in [1.29, 1.82) is 0 Å². The number of rotatable bonds is 3. The summed E-state index contributed by atoms with van der Waals surface area (Å²) in [5.41, 5.74) is 0. The van der Waals surface area contributed by atoms with E-state index in [1.54, 1.807) is 0 Å². The lowest BCUT2D eigenvalue weighted by Gasteiger charge is -1.88. The molecule has 0 saturated heterocycles. The minimum Gasteiger partial charge on any atom is -0.319 e. The molecule has 0 amide bonds. The lowest BCUT2D eigenvalue weighted by molar-refractivity contribution is 0.384. The molecule has 0 rings (SSSR count). The second kappa shape index (κ2) is 4.44. The summed E-state index contributed by atoms with van der Waals surface area (Å²) >= 11 is 3.51. The summed E-state index contributed by atoms with van der Waals surface area (Å²) in [6.45, 7) is 3.67. The zero-order valence-electron chi connectivity index (χ0n) is 3.76. The van der Waals surface area contributed by atoms with E-state index in [9.17, 15) is 4.57 Å². The molecule has 1 atom stereocenters. The summed E-state index contributed by atoms with van der Waals surface area (Å²) in [6.07, 6.45) is 1.53. The fraction of sp³-hybridized carbons (Fsp3) is 0.333. The third kappa shape index (κ3) is 6.28. The van der Waals surface area contributed by atoms with Crippen molar-refractivity contribution in [3.05, 3.63) is 12.7 Å². The monoisotopic (exact) mass is 138 g/mol. The maximum absolute atomic E-state index is 9.98. The van der Waals surface area contributed by atoms with Crippen molar-refractivity contribution in [1.82, 2.24) is 0 Å². The molecule has 0 saturated carbocycles. The van der Waals surface area contributed by atoms with E-state index in [0.717, 1.165) is 0 Å². The minimum atomic E-state index is -2.02. The van der Waals surface area contributed by atoms with Gasteiger partial charge < -0.3 is 4.52 Å². The van der Waals surface area contributed by atoms with E-state index >= 15 is 0 Å². The molecule has 4 heteroatoms. The lowest BCUT2D eigenvalue weighted by Crippen LogP contribution is -1.72. The smallest absolute Gasteiger partial charge is 0.243 e. The standard InChI is InChI=1S/C3H7O2PS/c1-2-3-5-6(4)7/h2,6H,1,3H2,(H,4,7). The number of hydrogen-bond acceptors (Lipinski definition) is 2. The van der Waals surface area contributed by atoms with E-state index in [2.05, 4.69) is 23.4 Å². The van der Waals surface area contributed by atoms with Crippen molar-refractivity contribution in [2.45, 2.75) is 0 Å². The molecule has 0 fully saturated rings. The maximum Gasteiger partial charge on any atom is 0.243 e. The van der Waals surface area contributed by atoms with Crippen LogP contribution >= 0.6 is 19.5 Å². The molecular weight excluding hydrogens is 131 g/mol. The van der Waals surface area contributed by atoms with Gasteiger partial charge in [-0.3, -0.25) is 4.57 Å². The van der Waals surface area contributed by atoms with Crippen LogP contribution < -0.4 is 0 Å². The molecule has 0 radical (unpaired) electrons. The van der Waals surface area contributed by atoms with Crippen molar-refractivity contribution in [2.75, 3.05) is 6.61 Å². The largest absolute Gasteiger partial charge is 0.319 e. The maximum atomic E-state index is 9.98. The second-order valence-corrected chi connectivity index (χ2v) is 2.78. The highest BCUT2D eigenvalue weighted by molar-refractivity contribution is 8.39. The van der Waals surface area contributed by atoms with Crippen LogP contribution in [-0.4, -0.2) is 6.61 Å². The van der Waals surface area contributed by atoms with Gasteiger partial charge in [0.15, 0.2) is 0 Å². The van der Waals surface area contributed by atoms with Gasteiger partial charge in [0.25, 0.3) is 0 Å². The molecule has 1 unspecified atom stereocenters. The molecule has 2 nitrogen and oxygen atoms in total. The van der Waals surface area contributed by atoms with Crippen LogP contribution in [0.3, 0.4) is 0 Å². The van der Waals surface area contributed by atoms with Crippen LogP contribution in [-0.2, 0) is 9.09 Å². The topological polar surface area (TPSA) is 26.3 Å². The molecule has 0 N–H and O–H groups in total. The molecule has 7 heavy (non-hydrogen) atoms. The number of thiol groups is 1. The molecule has 0 aromatic heterocycles. The fourth-order valence-corrected chi connectivity index (χ4v) is 0.614. The van der Waals surface area contributed by atoms with Gasteiger partial charge in [0.05, 0.1) is 6.61 Å². The van der Waals surface area contributed by atoms with Gasteiger partial charge in [-0.2, -0.15) is 0 Å².